The molecule has 7 nitrogen and oxygen atoms in total. The Labute approximate surface area is 178 Å². The molecule has 172 valence electrons. The first-order valence-corrected chi connectivity index (χ1v) is 9.70. The van der Waals surface area contributed by atoms with Crippen LogP contribution in [0.3, 0.4) is 0 Å². The van der Waals surface area contributed by atoms with E-state index in [2.05, 4.69) is 20.1 Å². The zero-order valence-electron chi connectivity index (χ0n) is 16.6. The number of rotatable bonds is 6. The molecule has 3 aromatic heterocycles. The van der Waals surface area contributed by atoms with Gasteiger partial charge in [0.25, 0.3) is 6.43 Å². The van der Waals surface area contributed by atoms with Gasteiger partial charge in [0.05, 0.1) is 18.9 Å². The Bertz CT molecular complexity index is 1090. The first-order valence-electron chi connectivity index (χ1n) is 9.70. The summed E-state index contributed by atoms with van der Waals surface area (Å²) < 4.78 is 86.5. The van der Waals surface area contributed by atoms with Crippen molar-refractivity contribution in [1.82, 2.24) is 24.7 Å². The molecule has 1 unspecified atom stereocenters. The van der Waals surface area contributed by atoms with E-state index in [4.69, 9.17) is 4.74 Å². The molecule has 1 saturated heterocycles. The van der Waals surface area contributed by atoms with E-state index in [1.807, 2.05) is 0 Å². The molecule has 1 fully saturated rings. The Kier molecular flexibility index (Phi) is 5.82. The van der Waals surface area contributed by atoms with Crippen LogP contribution in [0.2, 0.25) is 0 Å². The number of hydrogen-bond acceptors (Lipinski definition) is 6. The van der Waals surface area contributed by atoms with Gasteiger partial charge >= 0.3 is 6.18 Å². The number of fused-ring (bicyclic) bond motifs is 1. The van der Waals surface area contributed by atoms with Crippen molar-refractivity contribution in [3.63, 3.8) is 0 Å². The van der Waals surface area contributed by atoms with Crippen LogP contribution in [0.5, 0.6) is 5.75 Å². The number of aromatic nitrogens is 5. The predicted molar refractivity (Wildman–Crippen MR) is 101 cm³/mol. The lowest BCUT2D eigenvalue weighted by Crippen LogP contribution is -2.49. The molecule has 3 aromatic rings. The summed E-state index contributed by atoms with van der Waals surface area (Å²) in [5.74, 6) is -0.293. The van der Waals surface area contributed by atoms with Gasteiger partial charge in [-0.05, 0) is 25.0 Å². The van der Waals surface area contributed by atoms with Gasteiger partial charge in [0.2, 0.25) is 0 Å². The van der Waals surface area contributed by atoms with Gasteiger partial charge in [0.15, 0.2) is 17.0 Å². The van der Waals surface area contributed by atoms with E-state index in [0.717, 1.165) is 16.9 Å². The standard InChI is InChI=1S/C19H18F6N6O/c20-14(21)9-31-17-12(7-28-31)27-8-15(29-17)30-6-2-4-18(22,10-30)11-32-13-3-1-5-26-16(13)19(23,24)25/h1,3,5,7-8,14H,2,4,6,9-11H2. The first-order chi connectivity index (χ1) is 15.1. The smallest absolute Gasteiger partial charge is 0.437 e. The zero-order valence-corrected chi connectivity index (χ0v) is 16.6. The molecule has 1 atom stereocenters. The Morgan fingerprint density at radius 1 is 1.19 bits per heavy atom. The second-order valence-electron chi connectivity index (χ2n) is 7.47. The number of piperidine rings is 1. The Balaban J connectivity index is 1.51. The number of nitrogens with zero attached hydrogens (tertiary/aromatic N) is 6. The average Bonchev–Trinajstić information content (AvgIpc) is 3.13. The van der Waals surface area contributed by atoms with Gasteiger partial charge in [-0.1, -0.05) is 0 Å². The average molecular weight is 460 g/mol. The van der Waals surface area contributed by atoms with E-state index in [1.165, 1.54) is 18.5 Å². The molecular weight excluding hydrogens is 442 g/mol. The number of ether oxygens (including phenoxy) is 1. The summed E-state index contributed by atoms with van der Waals surface area (Å²) in [5.41, 5.74) is -2.73. The van der Waals surface area contributed by atoms with Crippen molar-refractivity contribution in [1.29, 1.82) is 0 Å². The third-order valence-electron chi connectivity index (χ3n) is 5.02. The topological polar surface area (TPSA) is 69.0 Å². The molecule has 4 rings (SSSR count). The highest BCUT2D eigenvalue weighted by atomic mass is 19.4. The van der Waals surface area contributed by atoms with Crippen LogP contribution in [-0.2, 0) is 12.7 Å². The lowest BCUT2D eigenvalue weighted by molar-refractivity contribution is -0.143. The summed E-state index contributed by atoms with van der Waals surface area (Å²) in [7, 11) is 0. The lowest BCUT2D eigenvalue weighted by atomic mass is 9.95. The Hall–Kier alpha value is -3.12. The maximum Gasteiger partial charge on any atom is 0.437 e. The molecule has 0 aliphatic carbocycles. The maximum absolute atomic E-state index is 15.5. The minimum absolute atomic E-state index is 0.0735. The summed E-state index contributed by atoms with van der Waals surface area (Å²) in [6.07, 6.45) is -3.24. The van der Waals surface area contributed by atoms with Crippen LogP contribution in [0.15, 0.2) is 30.7 Å². The number of alkyl halides is 6. The molecule has 1 aliphatic rings. The van der Waals surface area contributed by atoms with Crippen LogP contribution in [0, 0.1) is 0 Å². The van der Waals surface area contributed by atoms with Crippen molar-refractivity contribution in [3.05, 3.63) is 36.4 Å². The highest BCUT2D eigenvalue weighted by Gasteiger charge is 2.40. The number of anilines is 1. The molecule has 0 saturated carbocycles. The quantitative estimate of drug-likeness (QED) is 0.520. The molecule has 0 aromatic carbocycles. The summed E-state index contributed by atoms with van der Waals surface area (Å²) in [4.78, 5) is 13.3. The van der Waals surface area contributed by atoms with E-state index < -0.39 is 42.9 Å². The van der Waals surface area contributed by atoms with E-state index in [-0.39, 0.29) is 24.4 Å². The monoisotopic (exact) mass is 460 g/mol. The van der Waals surface area contributed by atoms with Crippen molar-refractivity contribution >= 4 is 17.0 Å². The Morgan fingerprint density at radius 2 is 2.00 bits per heavy atom. The van der Waals surface area contributed by atoms with E-state index in [0.29, 0.717) is 18.5 Å². The molecular formula is C19H18F6N6O. The van der Waals surface area contributed by atoms with Crippen LogP contribution in [-0.4, -0.2) is 56.5 Å². The van der Waals surface area contributed by atoms with Crippen molar-refractivity contribution < 1.29 is 31.1 Å². The van der Waals surface area contributed by atoms with Crippen molar-refractivity contribution in [2.75, 3.05) is 24.6 Å². The molecule has 0 amide bonds. The molecule has 0 N–H and O–H groups in total. The normalized spacial score (nSPS) is 19.7. The fraction of sp³-hybridized carbons (Fsp3) is 0.474. The van der Waals surface area contributed by atoms with Crippen molar-refractivity contribution in [2.24, 2.45) is 0 Å². The van der Waals surface area contributed by atoms with Crippen molar-refractivity contribution in [2.45, 2.75) is 37.7 Å². The summed E-state index contributed by atoms with van der Waals surface area (Å²) in [6.45, 7) is -1.07. The number of halogens is 6. The van der Waals surface area contributed by atoms with Crippen LogP contribution >= 0.6 is 0 Å². The van der Waals surface area contributed by atoms with Gasteiger partial charge in [-0.2, -0.15) is 18.3 Å². The highest BCUT2D eigenvalue weighted by Crippen LogP contribution is 2.35. The summed E-state index contributed by atoms with van der Waals surface area (Å²) >= 11 is 0. The zero-order chi connectivity index (χ0) is 22.9. The van der Waals surface area contributed by atoms with Crippen LogP contribution in [0.4, 0.5) is 32.2 Å². The van der Waals surface area contributed by atoms with E-state index >= 15 is 4.39 Å². The third kappa shape index (κ3) is 4.70. The number of hydrogen-bond donors (Lipinski definition) is 0. The summed E-state index contributed by atoms with van der Waals surface area (Å²) in [6, 6.07) is 2.36. The van der Waals surface area contributed by atoms with Gasteiger partial charge in [0, 0.05) is 12.7 Å². The predicted octanol–water partition coefficient (Wildman–Crippen LogP) is 3.89. The van der Waals surface area contributed by atoms with Crippen LogP contribution < -0.4 is 9.64 Å². The number of pyridine rings is 1. The molecule has 4 heterocycles. The van der Waals surface area contributed by atoms with Crippen LogP contribution in [0.1, 0.15) is 18.5 Å². The third-order valence-corrected chi connectivity index (χ3v) is 5.02. The van der Waals surface area contributed by atoms with Crippen LogP contribution in [0.25, 0.3) is 11.2 Å². The molecule has 0 bridgehead atoms. The van der Waals surface area contributed by atoms with Crippen molar-refractivity contribution in [3.8, 4) is 5.75 Å². The largest absolute Gasteiger partial charge is 0.488 e. The second kappa shape index (κ2) is 8.43. The first kappa shape index (κ1) is 22.1. The fourth-order valence-electron chi connectivity index (χ4n) is 3.58. The molecule has 1 aliphatic heterocycles. The minimum atomic E-state index is -4.73. The highest BCUT2D eigenvalue weighted by molar-refractivity contribution is 5.71. The molecule has 13 heteroatoms. The van der Waals surface area contributed by atoms with Gasteiger partial charge in [0.1, 0.15) is 30.2 Å². The van der Waals surface area contributed by atoms with Gasteiger partial charge in [-0.15, -0.1) is 0 Å². The van der Waals surface area contributed by atoms with Gasteiger partial charge in [-0.3, -0.25) is 0 Å². The Morgan fingerprint density at radius 3 is 2.75 bits per heavy atom. The molecule has 0 radical (unpaired) electrons. The fourth-order valence-corrected chi connectivity index (χ4v) is 3.58. The van der Waals surface area contributed by atoms with E-state index in [1.54, 1.807) is 4.90 Å². The second-order valence-corrected chi connectivity index (χ2v) is 7.47. The van der Waals surface area contributed by atoms with E-state index in [9.17, 15) is 22.0 Å². The minimum Gasteiger partial charge on any atom is -0.488 e. The van der Waals surface area contributed by atoms with Gasteiger partial charge in [-0.25, -0.2) is 32.8 Å². The maximum atomic E-state index is 15.5. The molecule has 0 spiro atoms. The SMILES string of the molecule is FC(F)Cn1ncc2ncc(N3CCCC(F)(COc4cccnc4C(F)(F)F)C3)nc21. The summed E-state index contributed by atoms with van der Waals surface area (Å²) in [5, 5.41) is 3.84. The molecule has 32 heavy (non-hydrogen) atoms. The lowest BCUT2D eigenvalue weighted by Gasteiger charge is -2.37. The van der Waals surface area contributed by atoms with Gasteiger partial charge < -0.3 is 9.64 Å².